The average molecular weight is 431 g/mol. The Morgan fingerprint density at radius 2 is 1.80 bits per heavy atom. The molecule has 162 valence electrons. The molecule has 0 radical (unpaired) electrons. The van der Waals surface area contributed by atoms with Gasteiger partial charge in [-0.15, -0.1) is 0 Å². The van der Waals surface area contributed by atoms with Gasteiger partial charge in [0.15, 0.2) is 6.61 Å². The minimum Gasteiger partial charge on any atom is -0.482 e. The summed E-state index contributed by atoms with van der Waals surface area (Å²) in [4.78, 5) is 27.5. The Morgan fingerprint density at radius 1 is 1.10 bits per heavy atom. The Labute approximate surface area is 184 Å². The van der Waals surface area contributed by atoms with Crippen molar-refractivity contribution < 1.29 is 14.3 Å². The van der Waals surface area contributed by atoms with Crippen LogP contribution < -0.4 is 10.1 Å². The highest BCUT2D eigenvalue weighted by atomic mass is 35.5. The van der Waals surface area contributed by atoms with Crippen molar-refractivity contribution in [3.8, 4) is 5.75 Å². The molecule has 0 bridgehead atoms. The van der Waals surface area contributed by atoms with E-state index < -0.39 is 6.04 Å². The second-order valence-electron chi connectivity index (χ2n) is 7.29. The average Bonchev–Trinajstić information content (AvgIpc) is 2.74. The zero-order valence-corrected chi connectivity index (χ0v) is 18.7. The number of ether oxygens (including phenoxy) is 1. The number of hydrogen-bond donors (Lipinski definition) is 1. The number of carbonyl (C=O) groups excluding carboxylic acids is 2. The Hall–Kier alpha value is -2.53. The van der Waals surface area contributed by atoms with Crippen molar-refractivity contribution in [1.29, 1.82) is 0 Å². The van der Waals surface area contributed by atoms with Gasteiger partial charge < -0.3 is 15.0 Å². The standard InChI is InChI=1S/C24H31ClN2O3/c1-4-6-15-26-24(29)21(5-2)27(16-19-13-11-18(3)12-14-19)23(28)17-30-22-10-8-7-9-20(22)25/h7-14,21H,4-6,15-17H2,1-3H3,(H,26,29)/t21-/m1/s1. The first-order chi connectivity index (χ1) is 14.5. The molecule has 6 heteroatoms. The summed E-state index contributed by atoms with van der Waals surface area (Å²) in [6.07, 6.45) is 2.42. The Morgan fingerprint density at radius 3 is 2.43 bits per heavy atom. The number of unbranched alkanes of at least 4 members (excludes halogenated alkanes) is 1. The second-order valence-corrected chi connectivity index (χ2v) is 7.70. The van der Waals surface area contributed by atoms with E-state index in [1.165, 1.54) is 0 Å². The summed E-state index contributed by atoms with van der Waals surface area (Å²) in [5.41, 5.74) is 2.11. The van der Waals surface area contributed by atoms with Crippen molar-refractivity contribution in [1.82, 2.24) is 10.2 Å². The maximum atomic E-state index is 13.1. The molecule has 0 saturated carbocycles. The summed E-state index contributed by atoms with van der Waals surface area (Å²) in [6.45, 7) is 6.75. The molecule has 0 spiro atoms. The molecule has 30 heavy (non-hydrogen) atoms. The van der Waals surface area contributed by atoms with Gasteiger partial charge in [0.25, 0.3) is 5.91 Å². The Bertz CT molecular complexity index is 823. The first kappa shape index (κ1) is 23.7. The summed E-state index contributed by atoms with van der Waals surface area (Å²) >= 11 is 6.13. The Kier molecular flexibility index (Phi) is 9.68. The van der Waals surface area contributed by atoms with Crippen molar-refractivity contribution in [3.63, 3.8) is 0 Å². The van der Waals surface area contributed by atoms with Crippen LogP contribution in [0.3, 0.4) is 0 Å². The highest BCUT2D eigenvalue weighted by Crippen LogP contribution is 2.23. The van der Waals surface area contributed by atoms with E-state index >= 15 is 0 Å². The fourth-order valence-electron chi connectivity index (χ4n) is 3.10. The number of halogens is 1. The van der Waals surface area contributed by atoms with Gasteiger partial charge in [-0.2, -0.15) is 0 Å². The molecule has 0 aliphatic carbocycles. The zero-order chi connectivity index (χ0) is 21.9. The fraction of sp³-hybridized carbons (Fsp3) is 0.417. The summed E-state index contributed by atoms with van der Waals surface area (Å²) in [5.74, 6) is 0.0559. The molecule has 0 heterocycles. The minimum atomic E-state index is -0.564. The van der Waals surface area contributed by atoms with E-state index in [0.717, 1.165) is 24.0 Å². The molecular weight excluding hydrogens is 400 g/mol. The van der Waals surface area contributed by atoms with E-state index in [9.17, 15) is 9.59 Å². The van der Waals surface area contributed by atoms with Crippen LogP contribution >= 0.6 is 11.6 Å². The number of nitrogens with zero attached hydrogens (tertiary/aromatic N) is 1. The minimum absolute atomic E-state index is 0.135. The molecule has 0 aromatic heterocycles. The number of carbonyl (C=O) groups is 2. The van der Waals surface area contributed by atoms with Gasteiger partial charge in [-0.3, -0.25) is 9.59 Å². The van der Waals surface area contributed by atoms with Gasteiger partial charge in [0, 0.05) is 13.1 Å². The Balaban J connectivity index is 2.17. The third-order valence-electron chi connectivity index (χ3n) is 4.88. The van der Waals surface area contributed by atoms with Crippen LogP contribution in [-0.4, -0.2) is 35.9 Å². The van der Waals surface area contributed by atoms with Crippen LogP contribution in [0.2, 0.25) is 5.02 Å². The second kappa shape index (κ2) is 12.2. The van der Waals surface area contributed by atoms with Gasteiger partial charge in [0.1, 0.15) is 11.8 Å². The summed E-state index contributed by atoms with van der Waals surface area (Å²) in [5, 5.41) is 3.40. The predicted molar refractivity (Wildman–Crippen MR) is 121 cm³/mol. The van der Waals surface area contributed by atoms with Crippen molar-refractivity contribution >= 4 is 23.4 Å². The third kappa shape index (κ3) is 7.06. The topological polar surface area (TPSA) is 58.6 Å². The number of rotatable bonds is 11. The smallest absolute Gasteiger partial charge is 0.261 e. The summed E-state index contributed by atoms with van der Waals surface area (Å²) < 4.78 is 5.65. The van der Waals surface area contributed by atoms with E-state index in [1.807, 2.05) is 38.1 Å². The number of hydrogen-bond acceptors (Lipinski definition) is 3. The van der Waals surface area contributed by atoms with E-state index in [4.69, 9.17) is 16.3 Å². The molecule has 5 nitrogen and oxygen atoms in total. The molecule has 0 unspecified atom stereocenters. The molecule has 0 aliphatic heterocycles. The van der Waals surface area contributed by atoms with Gasteiger partial charge in [0.2, 0.25) is 5.91 Å². The molecule has 0 aliphatic rings. The monoisotopic (exact) mass is 430 g/mol. The fourth-order valence-corrected chi connectivity index (χ4v) is 3.29. The highest BCUT2D eigenvalue weighted by Gasteiger charge is 2.28. The first-order valence-electron chi connectivity index (χ1n) is 10.5. The lowest BCUT2D eigenvalue weighted by atomic mass is 10.1. The lowest BCUT2D eigenvalue weighted by Gasteiger charge is -2.30. The predicted octanol–water partition coefficient (Wildman–Crippen LogP) is 4.75. The summed E-state index contributed by atoms with van der Waals surface area (Å²) in [7, 11) is 0. The molecule has 1 atom stereocenters. The lowest BCUT2D eigenvalue weighted by Crippen LogP contribution is -2.50. The molecule has 2 aromatic carbocycles. The van der Waals surface area contributed by atoms with Gasteiger partial charge in [-0.1, -0.05) is 73.8 Å². The molecule has 0 fully saturated rings. The largest absolute Gasteiger partial charge is 0.482 e. The van der Waals surface area contributed by atoms with Gasteiger partial charge in [0.05, 0.1) is 5.02 Å². The number of benzene rings is 2. The molecular formula is C24H31ClN2O3. The van der Waals surface area contributed by atoms with Crippen molar-refractivity contribution in [2.24, 2.45) is 0 Å². The van der Waals surface area contributed by atoms with Crippen molar-refractivity contribution in [2.75, 3.05) is 13.2 Å². The summed E-state index contributed by atoms with van der Waals surface area (Å²) in [6, 6.07) is 14.4. The molecule has 2 aromatic rings. The van der Waals surface area contributed by atoms with Crippen LogP contribution in [0.4, 0.5) is 0 Å². The van der Waals surface area contributed by atoms with Crippen LogP contribution in [0.15, 0.2) is 48.5 Å². The number of para-hydroxylation sites is 1. The number of amides is 2. The highest BCUT2D eigenvalue weighted by molar-refractivity contribution is 6.32. The van der Waals surface area contributed by atoms with Crippen molar-refractivity contribution in [2.45, 2.75) is 52.6 Å². The quantitative estimate of drug-likeness (QED) is 0.523. The van der Waals surface area contributed by atoms with Crippen LogP contribution in [-0.2, 0) is 16.1 Å². The lowest BCUT2D eigenvalue weighted by molar-refractivity contribution is -0.143. The maximum Gasteiger partial charge on any atom is 0.261 e. The van der Waals surface area contributed by atoms with Crippen LogP contribution in [0.5, 0.6) is 5.75 Å². The molecule has 2 amide bonds. The molecule has 1 N–H and O–H groups in total. The normalized spacial score (nSPS) is 11.6. The molecule has 2 rings (SSSR count). The zero-order valence-electron chi connectivity index (χ0n) is 18.0. The van der Waals surface area contributed by atoms with E-state index in [-0.39, 0.29) is 18.4 Å². The van der Waals surface area contributed by atoms with Crippen LogP contribution in [0.25, 0.3) is 0 Å². The van der Waals surface area contributed by atoms with E-state index in [0.29, 0.717) is 30.3 Å². The van der Waals surface area contributed by atoms with Gasteiger partial charge in [-0.25, -0.2) is 0 Å². The first-order valence-corrected chi connectivity index (χ1v) is 10.8. The third-order valence-corrected chi connectivity index (χ3v) is 5.19. The van der Waals surface area contributed by atoms with Crippen LogP contribution in [0.1, 0.15) is 44.2 Å². The van der Waals surface area contributed by atoms with E-state index in [1.54, 1.807) is 29.2 Å². The van der Waals surface area contributed by atoms with Crippen molar-refractivity contribution in [3.05, 3.63) is 64.7 Å². The number of nitrogens with one attached hydrogen (secondary N) is 1. The molecule has 0 saturated heterocycles. The van der Waals surface area contributed by atoms with Gasteiger partial charge >= 0.3 is 0 Å². The SMILES string of the molecule is CCCCNC(=O)[C@@H](CC)N(Cc1ccc(C)cc1)C(=O)COc1ccccc1Cl. The van der Waals surface area contributed by atoms with Crippen LogP contribution in [0, 0.1) is 6.92 Å². The maximum absolute atomic E-state index is 13.1. The van der Waals surface area contributed by atoms with E-state index in [2.05, 4.69) is 12.2 Å². The van der Waals surface area contributed by atoms with Gasteiger partial charge in [-0.05, 0) is 37.5 Å². The number of aryl methyl sites for hydroxylation is 1.